The predicted octanol–water partition coefficient (Wildman–Crippen LogP) is -0.168. The molecule has 3 nitrogen and oxygen atoms in total. The first-order valence-corrected chi connectivity index (χ1v) is 4.27. The van der Waals surface area contributed by atoms with Gasteiger partial charge in [0, 0.05) is 19.6 Å². The quantitative estimate of drug-likeness (QED) is 0.507. The molecule has 0 aromatic rings. The Morgan fingerprint density at radius 3 is 3.00 bits per heavy atom. The van der Waals surface area contributed by atoms with Crippen LogP contribution in [0.5, 0.6) is 0 Å². The van der Waals surface area contributed by atoms with Gasteiger partial charge in [-0.25, -0.2) is 0 Å². The molecule has 0 spiro atoms. The van der Waals surface area contributed by atoms with Crippen LogP contribution < -0.4 is 5.32 Å². The maximum absolute atomic E-state index is 11.3. The van der Waals surface area contributed by atoms with Crippen LogP contribution in [0.1, 0.15) is 13.3 Å². The molecule has 0 aliphatic carbocycles. The van der Waals surface area contributed by atoms with Crippen molar-refractivity contribution in [3.05, 3.63) is 0 Å². The first-order valence-electron chi connectivity index (χ1n) is 4.27. The van der Waals surface area contributed by atoms with E-state index < -0.39 is 0 Å². The van der Waals surface area contributed by atoms with Gasteiger partial charge in [0.25, 0.3) is 5.91 Å². The van der Waals surface area contributed by atoms with Crippen molar-refractivity contribution in [2.75, 3.05) is 26.2 Å². The monoisotopic (exact) mass is 166 g/mol. The third-order valence-electron chi connectivity index (χ3n) is 1.86. The molecule has 1 aliphatic rings. The highest BCUT2D eigenvalue weighted by Gasteiger charge is 2.11. The summed E-state index contributed by atoms with van der Waals surface area (Å²) >= 11 is 0. The maximum atomic E-state index is 11.3. The van der Waals surface area contributed by atoms with Gasteiger partial charge in [-0.15, -0.1) is 0 Å². The molecule has 0 bridgehead atoms. The Balaban J connectivity index is 2.46. The van der Waals surface area contributed by atoms with E-state index in [1.54, 1.807) is 11.8 Å². The fourth-order valence-corrected chi connectivity index (χ4v) is 1.23. The number of rotatable bonds is 0. The average molecular weight is 166 g/mol. The minimum Gasteiger partial charge on any atom is -0.331 e. The van der Waals surface area contributed by atoms with Crippen molar-refractivity contribution >= 4 is 5.91 Å². The number of hydrogen-bond acceptors (Lipinski definition) is 2. The van der Waals surface area contributed by atoms with Crippen LogP contribution in [0.15, 0.2) is 0 Å². The van der Waals surface area contributed by atoms with Crippen molar-refractivity contribution in [2.45, 2.75) is 13.3 Å². The van der Waals surface area contributed by atoms with Crippen molar-refractivity contribution in [3.63, 3.8) is 0 Å². The number of nitrogens with one attached hydrogen (secondary N) is 1. The van der Waals surface area contributed by atoms with Gasteiger partial charge in [0.15, 0.2) is 0 Å². The zero-order valence-corrected chi connectivity index (χ0v) is 7.39. The van der Waals surface area contributed by atoms with E-state index in [2.05, 4.69) is 17.2 Å². The second-order valence-electron chi connectivity index (χ2n) is 2.77. The van der Waals surface area contributed by atoms with Crippen molar-refractivity contribution in [2.24, 2.45) is 0 Å². The van der Waals surface area contributed by atoms with E-state index in [0.29, 0.717) is 0 Å². The Morgan fingerprint density at radius 1 is 1.42 bits per heavy atom. The molecule has 66 valence electrons. The second kappa shape index (κ2) is 4.78. The van der Waals surface area contributed by atoms with Crippen molar-refractivity contribution < 1.29 is 4.79 Å². The molecule has 0 aromatic carbocycles. The smallest absolute Gasteiger partial charge is 0.298 e. The van der Waals surface area contributed by atoms with Gasteiger partial charge >= 0.3 is 0 Å². The molecule has 1 heterocycles. The molecule has 12 heavy (non-hydrogen) atoms. The van der Waals surface area contributed by atoms with E-state index in [1.165, 1.54) is 0 Å². The van der Waals surface area contributed by atoms with Crippen molar-refractivity contribution in [3.8, 4) is 11.8 Å². The molecule has 1 amide bonds. The summed E-state index contributed by atoms with van der Waals surface area (Å²) in [4.78, 5) is 13.1. The van der Waals surface area contributed by atoms with E-state index in [1.807, 2.05) is 0 Å². The lowest BCUT2D eigenvalue weighted by Gasteiger charge is -2.15. The molecule has 0 aromatic heterocycles. The lowest BCUT2D eigenvalue weighted by molar-refractivity contribution is -0.124. The minimum atomic E-state index is -0.0406. The van der Waals surface area contributed by atoms with Gasteiger partial charge < -0.3 is 10.2 Å². The van der Waals surface area contributed by atoms with Gasteiger partial charge in [0.1, 0.15) is 0 Å². The number of nitrogens with zero attached hydrogens (tertiary/aromatic N) is 1. The van der Waals surface area contributed by atoms with Crippen molar-refractivity contribution in [1.82, 2.24) is 10.2 Å². The van der Waals surface area contributed by atoms with Gasteiger partial charge in [0.05, 0.1) is 0 Å². The van der Waals surface area contributed by atoms with Gasteiger partial charge in [-0.2, -0.15) is 0 Å². The molecule has 1 saturated heterocycles. The SMILES string of the molecule is CC#CC(=O)N1CCCNCC1. The molecular formula is C9H14N2O. The van der Waals surface area contributed by atoms with E-state index in [4.69, 9.17) is 0 Å². The summed E-state index contributed by atoms with van der Waals surface area (Å²) < 4.78 is 0. The number of amides is 1. The highest BCUT2D eigenvalue weighted by atomic mass is 16.2. The van der Waals surface area contributed by atoms with Crippen LogP contribution in [0.2, 0.25) is 0 Å². The van der Waals surface area contributed by atoms with Gasteiger partial charge in [-0.3, -0.25) is 4.79 Å². The lowest BCUT2D eigenvalue weighted by Crippen LogP contribution is -2.33. The number of carbonyl (C=O) groups is 1. The van der Waals surface area contributed by atoms with E-state index >= 15 is 0 Å². The van der Waals surface area contributed by atoms with Crippen LogP contribution >= 0.6 is 0 Å². The summed E-state index contributed by atoms with van der Waals surface area (Å²) in [7, 11) is 0. The normalized spacial score (nSPS) is 17.6. The Hall–Kier alpha value is -1.01. The third kappa shape index (κ3) is 2.55. The van der Waals surface area contributed by atoms with E-state index in [9.17, 15) is 4.79 Å². The molecule has 0 atom stereocenters. The van der Waals surface area contributed by atoms with Crippen LogP contribution in [0.4, 0.5) is 0 Å². The predicted molar refractivity (Wildman–Crippen MR) is 47.5 cm³/mol. The van der Waals surface area contributed by atoms with Gasteiger partial charge in [-0.1, -0.05) is 5.92 Å². The molecule has 0 unspecified atom stereocenters. The Kier molecular flexibility index (Phi) is 3.62. The zero-order valence-electron chi connectivity index (χ0n) is 7.39. The molecule has 1 rings (SSSR count). The average Bonchev–Trinajstić information content (AvgIpc) is 2.32. The van der Waals surface area contributed by atoms with E-state index in [0.717, 1.165) is 32.6 Å². The first-order chi connectivity index (χ1) is 5.84. The summed E-state index contributed by atoms with van der Waals surface area (Å²) in [5.41, 5.74) is 0. The summed E-state index contributed by atoms with van der Waals surface area (Å²) in [6.45, 7) is 5.20. The second-order valence-corrected chi connectivity index (χ2v) is 2.77. The summed E-state index contributed by atoms with van der Waals surface area (Å²) in [6.07, 6.45) is 1.02. The molecular weight excluding hydrogens is 152 g/mol. The first kappa shape index (κ1) is 9.08. The van der Waals surface area contributed by atoms with Gasteiger partial charge in [-0.05, 0) is 25.8 Å². The van der Waals surface area contributed by atoms with Crippen molar-refractivity contribution in [1.29, 1.82) is 0 Å². The zero-order chi connectivity index (χ0) is 8.81. The van der Waals surface area contributed by atoms with Crippen LogP contribution in [-0.2, 0) is 4.79 Å². The van der Waals surface area contributed by atoms with Crippen LogP contribution in [0.25, 0.3) is 0 Å². The fourth-order valence-electron chi connectivity index (χ4n) is 1.23. The highest BCUT2D eigenvalue weighted by molar-refractivity contribution is 5.93. The molecule has 0 radical (unpaired) electrons. The standard InChI is InChI=1S/C9H14N2O/c1-2-4-9(12)11-7-3-5-10-6-8-11/h10H,3,5-8H2,1H3. The summed E-state index contributed by atoms with van der Waals surface area (Å²) in [6, 6.07) is 0. The lowest BCUT2D eigenvalue weighted by atomic mass is 10.4. The van der Waals surface area contributed by atoms with Crippen LogP contribution in [0.3, 0.4) is 0 Å². The molecule has 3 heteroatoms. The molecule has 1 fully saturated rings. The Morgan fingerprint density at radius 2 is 2.25 bits per heavy atom. The molecule has 1 aliphatic heterocycles. The minimum absolute atomic E-state index is 0.0406. The summed E-state index contributed by atoms with van der Waals surface area (Å²) in [5, 5.41) is 3.23. The van der Waals surface area contributed by atoms with Crippen LogP contribution in [0, 0.1) is 11.8 Å². The maximum Gasteiger partial charge on any atom is 0.298 e. The van der Waals surface area contributed by atoms with Gasteiger partial charge in [0.2, 0.25) is 0 Å². The Bertz CT molecular complexity index is 206. The third-order valence-corrected chi connectivity index (χ3v) is 1.86. The highest BCUT2D eigenvalue weighted by Crippen LogP contribution is 1.94. The fraction of sp³-hybridized carbons (Fsp3) is 0.667. The summed E-state index contributed by atoms with van der Waals surface area (Å²) in [5.74, 6) is 5.14. The largest absolute Gasteiger partial charge is 0.331 e. The number of carbonyl (C=O) groups excluding carboxylic acids is 1. The topological polar surface area (TPSA) is 32.3 Å². The molecule has 1 N–H and O–H groups in total. The number of hydrogen-bond donors (Lipinski definition) is 1. The Labute approximate surface area is 73.1 Å². The van der Waals surface area contributed by atoms with E-state index in [-0.39, 0.29) is 5.91 Å². The molecule has 0 saturated carbocycles. The van der Waals surface area contributed by atoms with Crippen LogP contribution in [-0.4, -0.2) is 37.0 Å².